The van der Waals surface area contributed by atoms with Crippen LogP contribution < -0.4 is 10.1 Å². The lowest BCUT2D eigenvalue weighted by Crippen LogP contribution is -2.62. The molecule has 1 amide bonds. The molecule has 4 heterocycles. The van der Waals surface area contributed by atoms with Crippen LogP contribution >= 0.6 is 23.1 Å². The third kappa shape index (κ3) is 3.52. The fraction of sp³-hybridized carbons (Fsp3) is 0.444. The number of piperidine rings is 3. The summed E-state index contributed by atoms with van der Waals surface area (Å²) in [6.07, 6.45) is 2.36. The van der Waals surface area contributed by atoms with Crippen LogP contribution in [-0.2, 0) is 0 Å². The van der Waals surface area contributed by atoms with Crippen LogP contribution in [-0.4, -0.2) is 40.4 Å². The van der Waals surface area contributed by atoms with Crippen LogP contribution in [0.25, 0.3) is 0 Å². The lowest BCUT2D eigenvalue weighted by atomic mass is 9.79. The van der Waals surface area contributed by atoms with Gasteiger partial charge in [0.25, 0.3) is 5.91 Å². The average Bonchev–Trinajstić information content (AvgIpc) is 3.04. The van der Waals surface area contributed by atoms with Gasteiger partial charge < -0.3 is 10.1 Å². The highest BCUT2D eigenvalue weighted by atomic mass is 35.5. The summed E-state index contributed by atoms with van der Waals surface area (Å²) in [4.78, 5) is 15.1. The molecule has 132 valence electrons. The molecule has 0 unspecified atom stereocenters. The summed E-state index contributed by atoms with van der Waals surface area (Å²) in [7, 11) is 0. The van der Waals surface area contributed by atoms with Crippen LogP contribution in [0.5, 0.6) is 11.6 Å². The summed E-state index contributed by atoms with van der Waals surface area (Å²) >= 11 is 7.02. The molecule has 7 heteroatoms. The van der Waals surface area contributed by atoms with Crippen molar-refractivity contribution in [3.05, 3.63) is 40.2 Å². The Bertz CT molecular complexity index is 754. The summed E-state index contributed by atoms with van der Waals surface area (Å²) < 4.78 is 10.3. The normalized spacial score (nSPS) is 27.9. The predicted octanol–water partition coefficient (Wildman–Crippen LogP) is 3.80. The van der Waals surface area contributed by atoms with Crippen LogP contribution in [0.15, 0.2) is 30.3 Å². The van der Waals surface area contributed by atoms with Crippen molar-refractivity contribution < 1.29 is 9.53 Å². The van der Waals surface area contributed by atoms with Crippen molar-refractivity contribution >= 4 is 29.0 Å². The number of nitrogens with zero attached hydrogens (tertiary/aromatic N) is 2. The number of carbonyl (C=O) groups is 1. The molecule has 3 saturated heterocycles. The Morgan fingerprint density at radius 3 is 2.64 bits per heavy atom. The predicted molar refractivity (Wildman–Crippen MR) is 98.7 cm³/mol. The van der Waals surface area contributed by atoms with E-state index in [1.54, 1.807) is 30.3 Å². The number of aromatic nitrogens is 1. The topological polar surface area (TPSA) is 54.5 Å². The molecule has 3 aliphatic heterocycles. The van der Waals surface area contributed by atoms with Crippen molar-refractivity contribution in [2.24, 2.45) is 5.92 Å². The van der Waals surface area contributed by atoms with Crippen LogP contribution in [0.4, 0.5) is 0 Å². The molecule has 5 rings (SSSR count). The van der Waals surface area contributed by atoms with Crippen molar-refractivity contribution in [1.82, 2.24) is 14.6 Å². The van der Waals surface area contributed by atoms with Crippen molar-refractivity contribution in [1.29, 1.82) is 0 Å². The molecule has 1 aromatic heterocycles. The minimum absolute atomic E-state index is 0.0196. The maximum Gasteiger partial charge on any atom is 0.251 e. The minimum atomic E-state index is -0.0196. The number of nitrogens with one attached hydrogen (secondary N) is 1. The molecule has 3 aliphatic rings. The number of rotatable bonds is 4. The first kappa shape index (κ1) is 16.8. The third-order valence-electron chi connectivity index (χ3n) is 5.27. The highest BCUT2D eigenvalue weighted by Crippen LogP contribution is 2.32. The molecule has 25 heavy (non-hydrogen) atoms. The van der Waals surface area contributed by atoms with E-state index >= 15 is 0 Å². The molecule has 2 bridgehead atoms. The molecular formula is C18H20ClN3O2S. The molecule has 5 nitrogen and oxygen atoms in total. The minimum Gasteiger partial charge on any atom is -0.438 e. The second-order valence-corrected chi connectivity index (χ2v) is 8.15. The van der Waals surface area contributed by atoms with Crippen LogP contribution in [0.3, 0.4) is 0 Å². The number of carbonyl (C=O) groups excluding carboxylic acids is 1. The fourth-order valence-corrected chi connectivity index (χ4v) is 4.48. The third-order valence-corrected chi connectivity index (χ3v) is 6.15. The van der Waals surface area contributed by atoms with E-state index in [1.807, 2.05) is 0 Å². The summed E-state index contributed by atoms with van der Waals surface area (Å²) in [5.41, 5.74) is 0.646. The van der Waals surface area contributed by atoms with Crippen molar-refractivity contribution in [3.63, 3.8) is 0 Å². The Kier molecular flexibility index (Phi) is 4.67. The molecule has 0 aliphatic carbocycles. The zero-order valence-corrected chi connectivity index (χ0v) is 15.5. The van der Waals surface area contributed by atoms with Gasteiger partial charge in [-0.25, -0.2) is 0 Å². The molecule has 0 saturated carbocycles. The van der Waals surface area contributed by atoms with Gasteiger partial charge in [0.1, 0.15) is 10.1 Å². The van der Waals surface area contributed by atoms with E-state index in [0.717, 1.165) is 13.1 Å². The highest BCUT2D eigenvalue weighted by Gasteiger charge is 2.40. The summed E-state index contributed by atoms with van der Waals surface area (Å²) in [5, 5.41) is 3.24. The van der Waals surface area contributed by atoms with E-state index in [0.29, 0.717) is 33.5 Å². The van der Waals surface area contributed by atoms with Gasteiger partial charge in [-0.15, -0.1) is 0 Å². The Labute approximate surface area is 156 Å². The molecule has 1 N–H and O–H groups in total. The first-order chi connectivity index (χ1) is 12.1. The van der Waals surface area contributed by atoms with Gasteiger partial charge in [0.2, 0.25) is 5.88 Å². The van der Waals surface area contributed by atoms with E-state index < -0.39 is 0 Å². The standard InChI is InChI=1S/C18H20ClN3O2S/c1-11-17(12-6-8-22(11)9-7-12)20-18(23)13-2-4-14(5-3-13)24-16-10-15(19)25-21-16/h2-5,10-12,17H,6-9H2,1H3,(H,20,23)/t11-,17-/m0/s1. The van der Waals surface area contributed by atoms with Gasteiger partial charge >= 0.3 is 0 Å². The van der Waals surface area contributed by atoms with Gasteiger partial charge in [-0.1, -0.05) is 11.6 Å². The van der Waals surface area contributed by atoms with Gasteiger partial charge in [0.15, 0.2) is 0 Å². The first-order valence-electron chi connectivity index (χ1n) is 8.55. The summed E-state index contributed by atoms with van der Waals surface area (Å²) in [6, 6.07) is 9.44. The Morgan fingerprint density at radius 1 is 1.32 bits per heavy atom. The summed E-state index contributed by atoms with van der Waals surface area (Å²) in [6.45, 7) is 4.53. The Morgan fingerprint density at radius 2 is 2.04 bits per heavy atom. The average molecular weight is 378 g/mol. The Balaban J connectivity index is 1.40. The first-order valence-corrected chi connectivity index (χ1v) is 9.70. The van der Waals surface area contributed by atoms with E-state index in [4.69, 9.17) is 16.3 Å². The number of hydrogen-bond donors (Lipinski definition) is 1. The lowest BCUT2D eigenvalue weighted by molar-refractivity contribution is 0.0217. The number of halogens is 1. The number of benzene rings is 1. The van der Waals surface area contributed by atoms with E-state index in [2.05, 4.69) is 21.5 Å². The molecule has 2 aromatic rings. The lowest BCUT2D eigenvalue weighted by Gasteiger charge is -2.49. The zero-order chi connectivity index (χ0) is 17.4. The van der Waals surface area contributed by atoms with Crippen molar-refractivity contribution in [2.45, 2.75) is 31.8 Å². The van der Waals surface area contributed by atoms with Crippen molar-refractivity contribution in [2.75, 3.05) is 13.1 Å². The Hall–Kier alpha value is -1.63. The van der Waals surface area contributed by atoms with Crippen LogP contribution in [0.1, 0.15) is 30.1 Å². The second-order valence-electron chi connectivity index (χ2n) is 6.71. The second kappa shape index (κ2) is 6.94. The monoisotopic (exact) mass is 377 g/mol. The zero-order valence-electron chi connectivity index (χ0n) is 13.9. The largest absolute Gasteiger partial charge is 0.438 e. The van der Waals surface area contributed by atoms with Gasteiger partial charge in [-0.05, 0) is 74.6 Å². The molecule has 0 radical (unpaired) electrons. The quantitative estimate of drug-likeness (QED) is 0.880. The highest BCUT2D eigenvalue weighted by molar-refractivity contribution is 7.10. The maximum atomic E-state index is 12.6. The van der Waals surface area contributed by atoms with Gasteiger partial charge in [-0.2, -0.15) is 4.37 Å². The SMILES string of the molecule is C[C@H]1[C@H](NC(=O)c2ccc(Oc3cc(Cl)sn3)cc2)C2CCN1CC2. The van der Waals surface area contributed by atoms with Gasteiger partial charge in [-0.3, -0.25) is 9.69 Å². The fourth-order valence-electron chi connectivity index (χ4n) is 3.86. The van der Waals surface area contributed by atoms with Crippen molar-refractivity contribution in [3.8, 4) is 11.6 Å². The summed E-state index contributed by atoms with van der Waals surface area (Å²) in [5.74, 6) is 1.68. The number of fused-ring (bicyclic) bond motifs is 3. The smallest absolute Gasteiger partial charge is 0.251 e. The molecular weight excluding hydrogens is 358 g/mol. The van der Waals surface area contributed by atoms with Gasteiger partial charge in [0.05, 0.1) is 0 Å². The van der Waals surface area contributed by atoms with Gasteiger partial charge in [0, 0.05) is 23.7 Å². The van der Waals surface area contributed by atoms with E-state index in [9.17, 15) is 4.79 Å². The number of ether oxygens (including phenoxy) is 1. The molecule has 0 spiro atoms. The molecule has 3 fully saturated rings. The van der Waals surface area contributed by atoms with Crippen LogP contribution in [0, 0.1) is 5.92 Å². The van der Waals surface area contributed by atoms with E-state index in [-0.39, 0.29) is 11.9 Å². The maximum absolute atomic E-state index is 12.6. The number of amides is 1. The molecule has 2 atom stereocenters. The molecule has 1 aromatic carbocycles. The van der Waals surface area contributed by atoms with Crippen LogP contribution in [0.2, 0.25) is 4.34 Å². The number of hydrogen-bond acceptors (Lipinski definition) is 5. The van der Waals surface area contributed by atoms with E-state index in [1.165, 1.54) is 24.4 Å².